The predicted molar refractivity (Wildman–Crippen MR) is 125 cm³/mol. The molecule has 0 fully saturated rings. The molecule has 4 nitrogen and oxygen atoms in total. The summed E-state index contributed by atoms with van der Waals surface area (Å²) >= 11 is 0. The maximum Gasteiger partial charge on any atom is 0.340 e. The molecule has 0 aliphatic carbocycles. The van der Waals surface area contributed by atoms with Crippen LogP contribution in [0.25, 0.3) is 16.8 Å². The first-order valence-corrected chi connectivity index (χ1v) is 10.4. The van der Waals surface area contributed by atoms with Crippen LogP contribution in [0.1, 0.15) is 37.8 Å². The molecule has 1 heterocycles. The summed E-state index contributed by atoms with van der Waals surface area (Å²) in [5.41, 5.74) is 4.02. The number of carbonyl (C=O) groups excluding carboxylic acids is 2. The lowest BCUT2D eigenvalue weighted by molar-refractivity contribution is -0.136. The van der Waals surface area contributed by atoms with E-state index in [2.05, 4.69) is 13.8 Å². The van der Waals surface area contributed by atoms with E-state index in [0.29, 0.717) is 22.8 Å². The van der Waals surface area contributed by atoms with Gasteiger partial charge in [0, 0.05) is 11.4 Å². The third-order valence-corrected chi connectivity index (χ3v) is 5.73. The average molecular weight is 412 g/mol. The molecule has 0 aromatic heterocycles. The molecule has 0 saturated heterocycles. The molecule has 3 aromatic carbocycles. The van der Waals surface area contributed by atoms with E-state index in [1.54, 1.807) is 17.9 Å². The number of amides is 1. The van der Waals surface area contributed by atoms with E-state index in [-0.39, 0.29) is 5.91 Å². The molecule has 31 heavy (non-hydrogen) atoms. The van der Waals surface area contributed by atoms with Crippen molar-refractivity contribution in [2.75, 3.05) is 12.0 Å². The van der Waals surface area contributed by atoms with Gasteiger partial charge in [0.2, 0.25) is 0 Å². The zero-order valence-electron chi connectivity index (χ0n) is 18.2. The Morgan fingerprint density at radius 3 is 2.32 bits per heavy atom. The van der Waals surface area contributed by atoms with Crippen LogP contribution in [0, 0.1) is 0 Å². The lowest BCUT2D eigenvalue weighted by atomic mass is 9.99. The van der Waals surface area contributed by atoms with Crippen LogP contribution in [0.4, 0.5) is 5.69 Å². The van der Waals surface area contributed by atoms with Gasteiger partial charge in [-0.1, -0.05) is 68.4 Å². The Bertz CT molecular complexity index is 1230. The van der Waals surface area contributed by atoms with E-state index in [1.165, 1.54) is 12.7 Å². The van der Waals surface area contributed by atoms with Gasteiger partial charge in [0.15, 0.2) is 0 Å². The normalized spacial score (nSPS) is 15.5. The fourth-order valence-electron chi connectivity index (χ4n) is 4.03. The average Bonchev–Trinajstić information content (AvgIpc) is 3.03. The van der Waals surface area contributed by atoms with Gasteiger partial charge in [-0.15, -0.1) is 0 Å². The minimum atomic E-state index is -0.515. The van der Waals surface area contributed by atoms with Crippen molar-refractivity contribution >= 4 is 34.4 Å². The molecular weight excluding hydrogens is 386 g/mol. The number of nitrogens with zero attached hydrogens (tertiary/aromatic N) is 1. The Kier molecular flexibility index (Phi) is 5.47. The van der Waals surface area contributed by atoms with Gasteiger partial charge in [-0.2, -0.15) is 0 Å². The molecule has 0 atom stereocenters. The second kappa shape index (κ2) is 8.23. The summed E-state index contributed by atoms with van der Waals surface area (Å²) in [5, 5.41) is 2.09. The topological polar surface area (TPSA) is 46.6 Å². The van der Waals surface area contributed by atoms with Crippen LogP contribution in [0.3, 0.4) is 0 Å². The van der Waals surface area contributed by atoms with Crippen molar-refractivity contribution < 1.29 is 14.3 Å². The number of methoxy groups -OCH3 is 1. The lowest BCUT2D eigenvalue weighted by Crippen LogP contribution is -2.24. The van der Waals surface area contributed by atoms with Crippen LogP contribution >= 0.6 is 0 Å². The Morgan fingerprint density at radius 1 is 0.968 bits per heavy atom. The number of carbonyl (C=O) groups is 2. The molecule has 4 rings (SSSR count). The lowest BCUT2D eigenvalue weighted by Gasteiger charge is -2.19. The monoisotopic (exact) mass is 411 g/mol. The van der Waals surface area contributed by atoms with Gasteiger partial charge < -0.3 is 4.74 Å². The molecule has 0 unspecified atom stereocenters. The van der Waals surface area contributed by atoms with Gasteiger partial charge in [0.05, 0.1) is 18.3 Å². The van der Waals surface area contributed by atoms with Gasteiger partial charge in [0.25, 0.3) is 5.91 Å². The molecule has 0 radical (unpaired) electrons. The molecule has 156 valence electrons. The summed E-state index contributed by atoms with van der Waals surface area (Å²) in [6.07, 6.45) is 1.79. The highest BCUT2D eigenvalue weighted by Crippen LogP contribution is 2.36. The number of ether oxygens (including phenoxy) is 1. The van der Waals surface area contributed by atoms with Crippen molar-refractivity contribution in [2.24, 2.45) is 0 Å². The summed E-state index contributed by atoms with van der Waals surface area (Å²) in [6.45, 7) is 6.04. The Balaban J connectivity index is 1.85. The molecule has 1 amide bonds. The summed E-state index contributed by atoms with van der Waals surface area (Å²) in [6, 6.07) is 21.8. The highest BCUT2D eigenvalue weighted by Gasteiger charge is 2.38. The SMILES string of the molecule is COC(=O)C1=C(C)N(c2ccc(C(C)C)cc2)C(=O)/C1=C\c1cccc2ccccc12. The first-order valence-electron chi connectivity index (χ1n) is 10.4. The number of rotatable bonds is 4. The molecule has 0 N–H and O–H groups in total. The molecule has 4 heteroatoms. The highest BCUT2D eigenvalue weighted by atomic mass is 16.5. The molecule has 1 aliphatic rings. The predicted octanol–water partition coefficient (Wildman–Crippen LogP) is 5.84. The van der Waals surface area contributed by atoms with E-state index >= 15 is 0 Å². The maximum atomic E-state index is 13.5. The van der Waals surface area contributed by atoms with Gasteiger partial charge >= 0.3 is 5.97 Å². The van der Waals surface area contributed by atoms with Crippen LogP contribution in [0.5, 0.6) is 0 Å². The molecule has 0 bridgehead atoms. The van der Waals surface area contributed by atoms with Gasteiger partial charge in [0.1, 0.15) is 0 Å². The van der Waals surface area contributed by atoms with Crippen LogP contribution in [0.2, 0.25) is 0 Å². The maximum absolute atomic E-state index is 13.5. The smallest absolute Gasteiger partial charge is 0.340 e. The molecule has 3 aromatic rings. The summed E-state index contributed by atoms with van der Waals surface area (Å²) in [7, 11) is 1.34. The molecular formula is C27H25NO3. The quantitative estimate of drug-likeness (QED) is 0.400. The van der Waals surface area contributed by atoms with E-state index in [1.807, 2.05) is 66.7 Å². The Labute approximate surface area is 182 Å². The fourth-order valence-corrected chi connectivity index (χ4v) is 4.03. The van der Waals surface area contributed by atoms with Crippen molar-refractivity contribution in [3.63, 3.8) is 0 Å². The summed E-state index contributed by atoms with van der Waals surface area (Å²) in [4.78, 5) is 27.8. The first kappa shape index (κ1) is 20.6. The standard InChI is InChI=1S/C27H25NO3/c1-17(2)19-12-14-22(15-13-19)28-18(3)25(27(30)31-4)24(26(28)29)16-21-10-7-9-20-8-5-6-11-23(20)21/h5-17H,1-4H3/b24-16-. The third kappa shape index (κ3) is 3.66. The number of esters is 1. The van der Waals surface area contributed by atoms with E-state index in [0.717, 1.165) is 22.0 Å². The highest BCUT2D eigenvalue weighted by molar-refractivity contribution is 6.24. The third-order valence-electron chi connectivity index (χ3n) is 5.73. The van der Waals surface area contributed by atoms with E-state index < -0.39 is 5.97 Å². The molecule has 0 spiro atoms. The van der Waals surface area contributed by atoms with Crippen molar-refractivity contribution in [1.82, 2.24) is 0 Å². The first-order chi connectivity index (χ1) is 14.9. The number of benzene rings is 3. The van der Waals surface area contributed by atoms with Crippen molar-refractivity contribution in [2.45, 2.75) is 26.7 Å². The van der Waals surface area contributed by atoms with Crippen LogP contribution in [0.15, 0.2) is 83.6 Å². The number of fused-ring (bicyclic) bond motifs is 1. The molecule has 0 saturated carbocycles. The Hall–Kier alpha value is -3.66. The van der Waals surface area contributed by atoms with Crippen LogP contribution in [-0.2, 0) is 14.3 Å². The second-order valence-electron chi connectivity index (χ2n) is 7.97. The zero-order valence-corrected chi connectivity index (χ0v) is 18.2. The summed E-state index contributed by atoms with van der Waals surface area (Å²) < 4.78 is 5.03. The van der Waals surface area contributed by atoms with Crippen LogP contribution in [-0.4, -0.2) is 19.0 Å². The van der Waals surface area contributed by atoms with Crippen molar-refractivity contribution in [1.29, 1.82) is 0 Å². The van der Waals surface area contributed by atoms with Gasteiger partial charge in [-0.05, 0) is 52.9 Å². The number of hydrogen-bond acceptors (Lipinski definition) is 3. The summed E-state index contributed by atoms with van der Waals surface area (Å²) in [5.74, 6) is -0.353. The van der Waals surface area contributed by atoms with E-state index in [9.17, 15) is 9.59 Å². The fraction of sp³-hybridized carbons (Fsp3) is 0.185. The zero-order chi connectivity index (χ0) is 22.1. The van der Waals surface area contributed by atoms with Crippen molar-refractivity contribution in [3.05, 3.63) is 94.7 Å². The van der Waals surface area contributed by atoms with Gasteiger partial charge in [-0.3, -0.25) is 9.69 Å². The van der Waals surface area contributed by atoms with Crippen molar-refractivity contribution in [3.8, 4) is 0 Å². The number of hydrogen-bond donors (Lipinski definition) is 0. The number of allylic oxidation sites excluding steroid dienone is 1. The minimum Gasteiger partial charge on any atom is -0.465 e. The van der Waals surface area contributed by atoms with Crippen LogP contribution < -0.4 is 4.90 Å². The molecule has 1 aliphatic heterocycles. The van der Waals surface area contributed by atoms with E-state index in [4.69, 9.17) is 4.74 Å². The number of anilines is 1. The largest absolute Gasteiger partial charge is 0.465 e. The Morgan fingerprint density at radius 2 is 1.65 bits per heavy atom. The van der Waals surface area contributed by atoms with Gasteiger partial charge in [-0.25, -0.2) is 4.79 Å². The second-order valence-corrected chi connectivity index (χ2v) is 7.97. The minimum absolute atomic E-state index is 0.233.